The van der Waals surface area contributed by atoms with Crippen molar-refractivity contribution in [2.75, 3.05) is 11.9 Å². The molecule has 0 saturated carbocycles. The van der Waals surface area contributed by atoms with Gasteiger partial charge < -0.3 is 10.1 Å². The van der Waals surface area contributed by atoms with E-state index in [1.54, 1.807) is 0 Å². The van der Waals surface area contributed by atoms with Crippen LogP contribution >= 0.6 is 0 Å². The highest BCUT2D eigenvalue weighted by Crippen LogP contribution is 2.14. The zero-order valence-corrected chi connectivity index (χ0v) is 14.4. The van der Waals surface area contributed by atoms with Crippen LogP contribution in [0.4, 0.5) is 5.69 Å². The maximum absolute atomic E-state index is 5.63. The first kappa shape index (κ1) is 16.5. The lowest BCUT2D eigenvalue weighted by molar-refractivity contribution is 0.0743. The summed E-state index contributed by atoms with van der Waals surface area (Å²) in [6.45, 7) is 6.93. The number of benzene rings is 1. The van der Waals surface area contributed by atoms with E-state index in [1.165, 1.54) is 5.56 Å². The number of ether oxygens (including phenoxy) is 1. The van der Waals surface area contributed by atoms with Crippen LogP contribution in [0, 0.1) is 0 Å². The molecule has 2 heterocycles. The molecule has 0 unspecified atom stereocenters. The van der Waals surface area contributed by atoms with Crippen molar-refractivity contribution in [1.82, 2.24) is 14.6 Å². The summed E-state index contributed by atoms with van der Waals surface area (Å²) in [6.07, 6.45) is 3.02. The van der Waals surface area contributed by atoms with E-state index in [4.69, 9.17) is 4.74 Å². The average molecular weight is 324 g/mol. The van der Waals surface area contributed by atoms with Crippen LogP contribution in [0.25, 0.3) is 5.65 Å². The van der Waals surface area contributed by atoms with Gasteiger partial charge in [0.15, 0.2) is 5.65 Å². The lowest BCUT2D eigenvalue weighted by Crippen LogP contribution is -2.23. The van der Waals surface area contributed by atoms with Gasteiger partial charge >= 0.3 is 0 Å². The van der Waals surface area contributed by atoms with Gasteiger partial charge in [0.2, 0.25) is 0 Å². The van der Waals surface area contributed by atoms with Gasteiger partial charge in [-0.05, 0) is 50.6 Å². The van der Waals surface area contributed by atoms with Crippen molar-refractivity contribution < 1.29 is 4.74 Å². The summed E-state index contributed by atoms with van der Waals surface area (Å²) >= 11 is 0. The Morgan fingerprint density at radius 3 is 2.58 bits per heavy atom. The number of aromatic nitrogens is 3. The Morgan fingerprint density at radius 1 is 1.04 bits per heavy atom. The van der Waals surface area contributed by atoms with Crippen molar-refractivity contribution in [3.63, 3.8) is 0 Å². The molecule has 0 bridgehead atoms. The van der Waals surface area contributed by atoms with Crippen LogP contribution in [0.3, 0.4) is 0 Å². The molecular weight excluding hydrogens is 300 g/mol. The molecule has 5 nitrogen and oxygen atoms in total. The van der Waals surface area contributed by atoms with Crippen molar-refractivity contribution >= 4 is 11.3 Å². The number of hydrogen-bond donors (Lipinski definition) is 1. The SMILES string of the molecule is CC(C)OC[C@@H](C)Nc1ccc(Cc2nnc3ccccn23)cc1. The highest BCUT2D eigenvalue weighted by atomic mass is 16.5. The quantitative estimate of drug-likeness (QED) is 0.722. The smallest absolute Gasteiger partial charge is 0.160 e. The van der Waals surface area contributed by atoms with Crippen LogP contribution < -0.4 is 5.32 Å². The fourth-order valence-corrected chi connectivity index (χ4v) is 2.58. The van der Waals surface area contributed by atoms with Crippen LogP contribution in [0.5, 0.6) is 0 Å². The maximum Gasteiger partial charge on any atom is 0.160 e. The summed E-state index contributed by atoms with van der Waals surface area (Å²) in [7, 11) is 0. The van der Waals surface area contributed by atoms with E-state index in [0.29, 0.717) is 6.61 Å². The molecule has 1 aromatic carbocycles. The lowest BCUT2D eigenvalue weighted by Gasteiger charge is -2.17. The first-order chi connectivity index (χ1) is 11.6. The molecule has 3 rings (SSSR count). The van der Waals surface area contributed by atoms with Crippen molar-refractivity contribution in [3.05, 3.63) is 60.0 Å². The van der Waals surface area contributed by atoms with E-state index in [2.05, 4.69) is 60.6 Å². The molecule has 0 saturated heterocycles. The summed E-state index contributed by atoms with van der Waals surface area (Å²) in [5.74, 6) is 0.949. The van der Waals surface area contributed by atoms with E-state index in [0.717, 1.165) is 23.6 Å². The first-order valence-corrected chi connectivity index (χ1v) is 8.37. The Balaban J connectivity index is 1.62. The highest BCUT2D eigenvalue weighted by Gasteiger charge is 2.07. The van der Waals surface area contributed by atoms with E-state index >= 15 is 0 Å². The molecular formula is C19H24N4O. The number of rotatable bonds is 7. The lowest BCUT2D eigenvalue weighted by atomic mass is 10.1. The van der Waals surface area contributed by atoms with Gasteiger partial charge in [0.25, 0.3) is 0 Å². The van der Waals surface area contributed by atoms with Crippen LogP contribution in [0.2, 0.25) is 0 Å². The molecule has 0 radical (unpaired) electrons. The second-order valence-corrected chi connectivity index (χ2v) is 6.35. The maximum atomic E-state index is 5.63. The highest BCUT2D eigenvalue weighted by molar-refractivity contribution is 5.46. The first-order valence-electron chi connectivity index (χ1n) is 8.37. The van der Waals surface area contributed by atoms with Gasteiger partial charge in [-0.1, -0.05) is 18.2 Å². The summed E-state index contributed by atoms with van der Waals surface area (Å²) in [5, 5.41) is 11.9. The van der Waals surface area contributed by atoms with E-state index in [1.807, 2.05) is 28.8 Å². The Labute approximate surface area is 142 Å². The fourth-order valence-electron chi connectivity index (χ4n) is 2.58. The van der Waals surface area contributed by atoms with E-state index in [9.17, 15) is 0 Å². The van der Waals surface area contributed by atoms with Gasteiger partial charge in [0, 0.05) is 24.3 Å². The van der Waals surface area contributed by atoms with Gasteiger partial charge in [-0.25, -0.2) is 0 Å². The third kappa shape index (κ3) is 4.11. The largest absolute Gasteiger partial charge is 0.380 e. The molecule has 24 heavy (non-hydrogen) atoms. The minimum absolute atomic E-state index is 0.259. The molecule has 0 aliphatic carbocycles. The topological polar surface area (TPSA) is 51.5 Å². The van der Waals surface area contributed by atoms with Gasteiger partial charge in [-0.2, -0.15) is 0 Å². The van der Waals surface area contributed by atoms with Crippen LogP contribution in [0.1, 0.15) is 32.2 Å². The van der Waals surface area contributed by atoms with Crippen molar-refractivity contribution in [1.29, 1.82) is 0 Å². The fraction of sp³-hybridized carbons (Fsp3) is 0.368. The molecule has 0 fully saturated rings. The summed E-state index contributed by atoms with van der Waals surface area (Å²) in [6, 6.07) is 14.7. The molecule has 1 N–H and O–H groups in total. The normalized spacial score (nSPS) is 12.7. The Hall–Kier alpha value is -2.40. The minimum Gasteiger partial charge on any atom is -0.380 e. The standard InChI is InChI=1S/C19H24N4O/c1-14(2)24-13-15(3)20-17-9-7-16(8-10-17)12-19-22-21-18-6-4-5-11-23(18)19/h4-11,14-15,20H,12-13H2,1-3H3/t15-/m1/s1. The van der Waals surface area contributed by atoms with Gasteiger partial charge in [0.1, 0.15) is 5.82 Å². The van der Waals surface area contributed by atoms with Gasteiger partial charge in [0.05, 0.1) is 12.7 Å². The number of pyridine rings is 1. The van der Waals surface area contributed by atoms with Crippen molar-refractivity contribution in [3.8, 4) is 0 Å². The second-order valence-electron chi connectivity index (χ2n) is 6.35. The minimum atomic E-state index is 0.259. The third-order valence-electron chi connectivity index (χ3n) is 3.79. The molecule has 5 heteroatoms. The number of hydrogen-bond acceptors (Lipinski definition) is 4. The third-order valence-corrected chi connectivity index (χ3v) is 3.79. The Morgan fingerprint density at radius 2 is 1.83 bits per heavy atom. The molecule has 126 valence electrons. The number of anilines is 1. The molecule has 0 aliphatic rings. The average Bonchev–Trinajstić information content (AvgIpc) is 2.98. The van der Waals surface area contributed by atoms with E-state index < -0.39 is 0 Å². The van der Waals surface area contributed by atoms with Gasteiger partial charge in [-0.15, -0.1) is 10.2 Å². The Kier molecular flexibility index (Phi) is 5.11. The zero-order valence-electron chi connectivity index (χ0n) is 14.4. The zero-order chi connectivity index (χ0) is 16.9. The summed E-state index contributed by atoms with van der Waals surface area (Å²) in [4.78, 5) is 0. The van der Waals surface area contributed by atoms with Gasteiger partial charge in [-0.3, -0.25) is 4.40 Å². The summed E-state index contributed by atoms with van der Waals surface area (Å²) in [5.41, 5.74) is 3.19. The molecule has 0 aliphatic heterocycles. The number of fused-ring (bicyclic) bond motifs is 1. The van der Waals surface area contributed by atoms with Crippen LogP contribution in [-0.2, 0) is 11.2 Å². The monoisotopic (exact) mass is 324 g/mol. The molecule has 2 aromatic heterocycles. The predicted octanol–water partition coefficient (Wildman–Crippen LogP) is 3.55. The molecule has 0 amide bonds. The second kappa shape index (κ2) is 7.45. The molecule has 1 atom stereocenters. The van der Waals surface area contributed by atoms with E-state index in [-0.39, 0.29) is 12.1 Å². The van der Waals surface area contributed by atoms with Crippen LogP contribution in [0.15, 0.2) is 48.7 Å². The molecule has 0 spiro atoms. The van der Waals surface area contributed by atoms with Crippen molar-refractivity contribution in [2.24, 2.45) is 0 Å². The predicted molar refractivity (Wildman–Crippen MR) is 96.4 cm³/mol. The molecule has 3 aromatic rings. The Bertz CT molecular complexity index is 779. The summed E-state index contributed by atoms with van der Waals surface area (Å²) < 4.78 is 7.66. The van der Waals surface area contributed by atoms with Crippen molar-refractivity contribution in [2.45, 2.75) is 39.3 Å². The van der Waals surface area contributed by atoms with Crippen LogP contribution in [-0.4, -0.2) is 33.4 Å². The number of nitrogens with one attached hydrogen (secondary N) is 1. The number of nitrogens with zero attached hydrogens (tertiary/aromatic N) is 3.